The quantitative estimate of drug-likeness (QED) is 0.824. The molecule has 0 bridgehead atoms. The summed E-state index contributed by atoms with van der Waals surface area (Å²) in [6, 6.07) is 3.31. The van der Waals surface area contributed by atoms with E-state index in [1.165, 1.54) is 11.0 Å². The summed E-state index contributed by atoms with van der Waals surface area (Å²) >= 11 is 1.11. The number of anilines is 1. The van der Waals surface area contributed by atoms with Crippen molar-refractivity contribution in [2.75, 3.05) is 11.4 Å². The fourth-order valence-corrected chi connectivity index (χ4v) is 3.93. The fourth-order valence-electron chi connectivity index (χ4n) is 3.03. The Balaban J connectivity index is 1.92. The number of rotatable bonds is 3. The lowest BCUT2D eigenvalue weighted by atomic mass is 9.92. The summed E-state index contributed by atoms with van der Waals surface area (Å²) < 4.78 is 40.2. The zero-order valence-corrected chi connectivity index (χ0v) is 14.3. The molecule has 1 aromatic carbocycles. The second-order valence-electron chi connectivity index (χ2n) is 6.21. The number of aromatic hydroxyl groups is 1. The number of alkyl halides is 3. The molecule has 2 unspecified atom stereocenters. The van der Waals surface area contributed by atoms with E-state index in [1.807, 2.05) is 6.92 Å². The topological polar surface area (TPSA) is 53.4 Å². The van der Waals surface area contributed by atoms with Gasteiger partial charge in [0.25, 0.3) is 0 Å². The third-order valence-electron chi connectivity index (χ3n) is 4.38. The summed E-state index contributed by atoms with van der Waals surface area (Å²) in [5.74, 6) is -0.544. The second kappa shape index (κ2) is 6.67. The van der Waals surface area contributed by atoms with Crippen molar-refractivity contribution in [1.82, 2.24) is 4.98 Å². The Hall–Kier alpha value is -2.09. The van der Waals surface area contributed by atoms with Gasteiger partial charge < -0.3 is 14.8 Å². The monoisotopic (exact) mass is 370 g/mol. The first-order chi connectivity index (χ1) is 11.8. The number of hydrogen-bond acceptors (Lipinski definition) is 5. The molecule has 8 heteroatoms. The number of aryl methyl sites for hydroxylation is 1. The highest BCUT2D eigenvalue weighted by atomic mass is 32.1. The van der Waals surface area contributed by atoms with Gasteiger partial charge in [0.05, 0.1) is 5.69 Å². The molecule has 0 radical (unpaired) electrons. The first-order valence-corrected chi connectivity index (χ1v) is 8.71. The number of piperidine rings is 1. The van der Waals surface area contributed by atoms with Gasteiger partial charge in [0, 0.05) is 23.4 Å². The van der Waals surface area contributed by atoms with Gasteiger partial charge >= 0.3 is 6.18 Å². The predicted molar refractivity (Wildman–Crippen MR) is 89.9 cm³/mol. The average Bonchev–Trinajstić information content (AvgIpc) is 3.05. The molecular weight excluding hydrogens is 353 g/mol. The van der Waals surface area contributed by atoms with Crippen molar-refractivity contribution in [3.63, 3.8) is 0 Å². The maximum absolute atomic E-state index is 13.4. The molecule has 0 amide bonds. The number of nitrogens with zero attached hydrogens (tertiary/aromatic N) is 2. The molecule has 1 aromatic heterocycles. The molecule has 1 fully saturated rings. The van der Waals surface area contributed by atoms with Crippen molar-refractivity contribution in [3.05, 3.63) is 29.1 Å². The molecule has 3 rings (SSSR count). The first kappa shape index (κ1) is 17.7. The van der Waals surface area contributed by atoms with Crippen LogP contribution in [0.1, 0.15) is 18.4 Å². The van der Waals surface area contributed by atoms with E-state index in [-0.39, 0.29) is 23.8 Å². The largest absolute Gasteiger partial charge is 0.507 e. The van der Waals surface area contributed by atoms with Gasteiger partial charge in [0.2, 0.25) is 0 Å². The van der Waals surface area contributed by atoms with E-state index in [0.29, 0.717) is 24.0 Å². The standard InChI is InChI=1S/C17H17F3N2O2S/c1-10-2-3-14(24)12(6-10)13-9-25-16(21-13)22-5-4-11(8-23)7-15(22)17(18,19)20/h2-3,6,8-9,11,15,24H,4-5,7H2,1H3. The van der Waals surface area contributed by atoms with Crippen molar-refractivity contribution in [2.45, 2.75) is 32.0 Å². The van der Waals surface area contributed by atoms with Gasteiger partial charge in [-0.3, -0.25) is 0 Å². The van der Waals surface area contributed by atoms with Gasteiger partial charge in [0.1, 0.15) is 18.1 Å². The number of hydrogen-bond donors (Lipinski definition) is 1. The van der Waals surface area contributed by atoms with Gasteiger partial charge in [-0.1, -0.05) is 11.6 Å². The van der Waals surface area contributed by atoms with E-state index in [2.05, 4.69) is 4.98 Å². The molecule has 0 saturated carbocycles. The molecule has 1 N–H and O–H groups in total. The summed E-state index contributed by atoms with van der Waals surface area (Å²) in [6.45, 7) is 1.99. The summed E-state index contributed by atoms with van der Waals surface area (Å²) in [6.07, 6.45) is -3.70. The molecule has 2 aromatic rings. The highest BCUT2D eigenvalue weighted by Gasteiger charge is 2.47. The molecular formula is C17H17F3N2O2S. The summed E-state index contributed by atoms with van der Waals surface area (Å²) in [7, 11) is 0. The van der Waals surface area contributed by atoms with Crippen LogP contribution in [0.2, 0.25) is 0 Å². The number of phenols is 1. The van der Waals surface area contributed by atoms with Gasteiger partial charge in [-0.25, -0.2) is 4.98 Å². The molecule has 134 valence electrons. The lowest BCUT2D eigenvalue weighted by molar-refractivity contribution is -0.156. The summed E-state index contributed by atoms with van der Waals surface area (Å²) in [5.41, 5.74) is 1.86. The molecule has 4 nitrogen and oxygen atoms in total. The predicted octanol–water partition coefficient (Wildman–Crippen LogP) is 4.17. The van der Waals surface area contributed by atoms with Crippen molar-refractivity contribution in [3.8, 4) is 17.0 Å². The summed E-state index contributed by atoms with van der Waals surface area (Å²) in [4.78, 5) is 16.4. The number of benzene rings is 1. The minimum Gasteiger partial charge on any atom is -0.507 e. The third-order valence-corrected chi connectivity index (χ3v) is 5.26. The van der Waals surface area contributed by atoms with E-state index in [4.69, 9.17) is 0 Å². The number of halogens is 3. The maximum atomic E-state index is 13.4. The Morgan fingerprint density at radius 1 is 1.40 bits per heavy atom. The van der Waals surface area contributed by atoms with Crippen LogP contribution in [0.3, 0.4) is 0 Å². The number of carbonyl (C=O) groups is 1. The van der Waals surface area contributed by atoms with E-state index < -0.39 is 18.1 Å². The second-order valence-corrected chi connectivity index (χ2v) is 7.04. The van der Waals surface area contributed by atoms with Gasteiger partial charge in [-0.05, 0) is 31.9 Å². The number of aromatic nitrogens is 1. The summed E-state index contributed by atoms with van der Waals surface area (Å²) in [5, 5.41) is 11.9. The lowest BCUT2D eigenvalue weighted by Gasteiger charge is -2.38. The zero-order valence-electron chi connectivity index (χ0n) is 13.5. The van der Waals surface area contributed by atoms with Crippen LogP contribution in [0.5, 0.6) is 5.75 Å². The zero-order chi connectivity index (χ0) is 18.2. The van der Waals surface area contributed by atoms with Crippen LogP contribution in [-0.2, 0) is 4.79 Å². The molecule has 2 atom stereocenters. The normalized spacial score (nSPS) is 21.4. The van der Waals surface area contributed by atoms with Crippen molar-refractivity contribution in [2.24, 2.45) is 5.92 Å². The molecule has 0 aliphatic carbocycles. The Morgan fingerprint density at radius 2 is 2.16 bits per heavy atom. The Kier molecular flexibility index (Phi) is 4.73. The smallest absolute Gasteiger partial charge is 0.408 e. The molecule has 0 spiro atoms. The van der Waals surface area contributed by atoms with Gasteiger partial charge in [-0.2, -0.15) is 13.2 Å². The molecule has 1 aliphatic rings. The number of carbonyl (C=O) groups excluding carboxylic acids is 1. The number of thiazole rings is 1. The minimum atomic E-state index is -4.43. The van der Waals surface area contributed by atoms with Crippen LogP contribution in [0.4, 0.5) is 18.3 Å². The van der Waals surface area contributed by atoms with Gasteiger partial charge in [-0.15, -0.1) is 11.3 Å². The molecule has 25 heavy (non-hydrogen) atoms. The Morgan fingerprint density at radius 3 is 2.84 bits per heavy atom. The lowest BCUT2D eigenvalue weighted by Crippen LogP contribution is -2.51. The molecule has 1 saturated heterocycles. The number of aldehydes is 1. The number of phenolic OH excluding ortho intramolecular Hbond substituents is 1. The van der Waals surface area contributed by atoms with Crippen LogP contribution in [0.25, 0.3) is 11.3 Å². The van der Waals surface area contributed by atoms with Crippen LogP contribution < -0.4 is 4.90 Å². The fraction of sp³-hybridized carbons (Fsp3) is 0.412. The van der Waals surface area contributed by atoms with E-state index >= 15 is 0 Å². The van der Waals surface area contributed by atoms with E-state index in [9.17, 15) is 23.1 Å². The van der Waals surface area contributed by atoms with Crippen LogP contribution in [0, 0.1) is 12.8 Å². The maximum Gasteiger partial charge on any atom is 0.408 e. The minimum absolute atomic E-state index is 0.0366. The van der Waals surface area contributed by atoms with Gasteiger partial charge in [0.15, 0.2) is 5.13 Å². The Bertz CT molecular complexity index is 775. The van der Waals surface area contributed by atoms with E-state index in [0.717, 1.165) is 16.9 Å². The Labute approximate surface area is 146 Å². The van der Waals surface area contributed by atoms with Crippen LogP contribution in [0.15, 0.2) is 23.6 Å². The van der Waals surface area contributed by atoms with Crippen molar-refractivity contribution < 1.29 is 23.1 Å². The average molecular weight is 370 g/mol. The van der Waals surface area contributed by atoms with Crippen LogP contribution in [-0.4, -0.2) is 35.1 Å². The van der Waals surface area contributed by atoms with E-state index in [1.54, 1.807) is 17.5 Å². The highest BCUT2D eigenvalue weighted by molar-refractivity contribution is 7.14. The molecule has 1 aliphatic heterocycles. The molecule has 2 heterocycles. The van der Waals surface area contributed by atoms with Crippen molar-refractivity contribution in [1.29, 1.82) is 0 Å². The third kappa shape index (κ3) is 3.63. The van der Waals surface area contributed by atoms with Crippen molar-refractivity contribution >= 4 is 22.8 Å². The first-order valence-electron chi connectivity index (χ1n) is 7.83. The van der Waals surface area contributed by atoms with Crippen LogP contribution >= 0.6 is 11.3 Å². The highest BCUT2D eigenvalue weighted by Crippen LogP contribution is 2.40. The SMILES string of the molecule is Cc1ccc(O)c(-c2csc(N3CCC(C=O)CC3C(F)(F)F)n2)c1.